The average Bonchev–Trinajstić information content (AvgIpc) is 3.29. The topological polar surface area (TPSA) is 180 Å². The number of carbonyl (C=O) groups excluding carboxylic acids is 2. The van der Waals surface area contributed by atoms with Crippen molar-refractivity contribution >= 4 is 23.3 Å². The fraction of sp³-hybridized carbons (Fsp3) is 0.292. The number of rotatable bonds is 7. The Morgan fingerprint density at radius 3 is 2.79 bits per heavy atom. The van der Waals surface area contributed by atoms with Gasteiger partial charge in [-0.3, -0.25) is 14.4 Å². The minimum atomic E-state index is -0.791. The van der Waals surface area contributed by atoms with Crippen LogP contribution in [0.4, 0.5) is 10.2 Å². The zero-order valence-corrected chi connectivity index (χ0v) is 20.9. The highest BCUT2D eigenvalue weighted by atomic mass is 19.1. The normalized spacial score (nSPS) is 13.1. The Labute approximate surface area is 219 Å². The number of aromatic hydroxyl groups is 1. The van der Waals surface area contributed by atoms with Gasteiger partial charge < -0.3 is 25.2 Å². The van der Waals surface area contributed by atoms with Crippen molar-refractivity contribution < 1.29 is 19.1 Å². The third kappa shape index (κ3) is 4.81. The lowest BCUT2D eigenvalue weighted by atomic mass is 10.1. The molecule has 2 amide bonds. The number of nitrogens with zero attached hydrogens (tertiary/aromatic N) is 6. The van der Waals surface area contributed by atoms with Gasteiger partial charge in [-0.1, -0.05) is 0 Å². The van der Waals surface area contributed by atoms with Crippen molar-refractivity contribution in [2.24, 2.45) is 0 Å². The highest BCUT2D eigenvalue weighted by Crippen LogP contribution is 2.23. The number of anilines is 1. The van der Waals surface area contributed by atoms with Crippen LogP contribution in [0.5, 0.6) is 5.75 Å². The number of H-pyrrole nitrogens is 1. The first kappa shape index (κ1) is 25.6. The summed E-state index contributed by atoms with van der Waals surface area (Å²) >= 11 is 0. The molecule has 0 unspecified atom stereocenters. The number of fused-ring (bicyclic) bond motifs is 2. The Bertz CT molecular complexity index is 1730. The second kappa shape index (κ2) is 10.00. The SMILES string of the molecule is CC(C)N1CCn2c(CNC(=O)CNc3nc(-c4ccc5n[nH]c(=O)n5c4)ncc3F)cc(=O)c(O)c2C1=O. The van der Waals surface area contributed by atoms with Gasteiger partial charge in [0.2, 0.25) is 11.3 Å². The monoisotopic (exact) mass is 537 g/mol. The minimum Gasteiger partial charge on any atom is -0.503 e. The summed E-state index contributed by atoms with van der Waals surface area (Å²) in [6.45, 7) is 3.93. The highest BCUT2D eigenvalue weighted by molar-refractivity contribution is 5.96. The summed E-state index contributed by atoms with van der Waals surface area (Å²) < 4.78 is 17.1. The molecule has 0 bridgehead atoms. The van der Waals surface area contributed by atoms with Gasteiger partial charge in [-0.25, -0.2) is 28.7 Å². The molecule has 0 saturated carbocycles. The first-order chi connectivity index (χ1) is 18.6. The molecule has 202 valence electrons. The molecule has 4 N–H and O–H groups in total. The van der Waals surface area contributed by atoms with E-state index in [0.29, 0.717) is 30.0 Å². The number of carbonyl (C=O) groups is 2. The van der Waals surface area contributed by atoms with Crippen molar-refractivity contribution in [2.45, 2.75) is 33.0 Å². The average molecular weight is 538 g/mol. The molecular formula is C24H24FN9O5. The van der Waals surface area contributed by atoms with Crippen molar-refractivity contribution in [3.63, 3.8) is 0 Å². The van der Waals surface area contributed by atoms with Gasteiger partial charge in [0.1, 0.15) is 0 Å². The van der Waals surface area contributed by atoms with Crippen molar-refractivity contribution in [3.8, 4) is 17.1 Å². The second-order valence-corrected chi connectivity index (χ2v) is 9.14. The van der Waals surface area contributed by atoms with Gasteiger partial charge in [-0.15, -0.1) is 0 Å². The molecule has 5 rings (SSSR count). The number of aromatic amines is 1. The molecule has 1 aliphatic heterocycles. The number of hydrogen-bond donors (Lipinski definition) is 4. The fourth-order valence-electron chi connectivity index (χ4n) is 4.33. The number of nitrogens with one attached hydrogen (secondary N) is 3. The Morgan fingerprint density at radius 1 is 1.23 bits per heavy atom. The summed E-state index contributed by atoms with van der Waals surface area (Å²) in [7, 11) is 0. The molecule has 4 aromatic heterocycles. The van der Waals surface area contributed by atoms with Crippen molar-refractivity contribution in [3.05, 3.63) is 68.5 Å². The van der Waals surface area contributed by atoms with Crippen LogP contribution >= 0.6 is 0 Å². The summed E-state index contributed by atoms with van der Waals surface area (Å²) in [6, 6.07) is 4.24. The molecule has 4 aromatic rings. The molecule has 0 aliphatic carbocycles. The van der Waals surface area contributed by atoms with Crippen LogP contribution in [0.25, 0.3) is 17.0 Å². The van der Waals surface area contributed by atoms with Gasteiger partial charge in [0.25, 0.3) is 5.91 Å². The summed E-state index contributed by atoms with van der Waals surface area (Å²) in [5.74, 6) is -2.54. The number of halogens is 1. The lowest BCUT2D eigenvalue weighted by molar-refractivity contribution is -0.119. The molecule has 0 radical (unpaired) electrons. The third-order valence-electron chi connectivity index (χ3n) is 6.32. The zero-order valence-electron chi connectivity index (χ0n) is 20.9. The van der Waals surface area contributed by atoms with Gasteiger partial charge in [0.15, 0.2) is 34.6 Å². The molecular weight excluding hydrogens is 513 g/mol. The Hall–Kier alpha value is -5.08. The van der Waals surface area contributed by atoms with E-state index in [1.165, 1.54) is 21.2 Å². The predicted octanol–water partition coefficient (Wildman–Crippen LogP) is 0.0785. The Kier molecular flexibility index (Phi) is 6.55. The first-order valence-electron chi connectivity index (χ1n) is 12.0. The maximum absolute atomic E-state index is 14.4. The number of pyridine rings is 2. The van der Waals surface area contributed by atoms with E-state index in [-0.39, 0.29) is 36.5 Å². The number of amides is 2. The Balaban J connectivity index is 1.28. The molecule has 0 spiro atoms. The Morgan fingerprint density at radius 2 is 2.03 bits per heavy atom. The third-order valence-corrected chi connectivity index (χ3v) is 6.32. The van der Waals surface area contributed by atoms with E-state index >= 15 is 0 Å². The van der Waals surface area contributed by atoms with Crippen molar-refractivity contribution in [2.75, 3.05) is 18.4 Å². The van der Waals surface area contributed by atoms with E-state index in [2.05, 4.69) is 30.8 Å². The lowest BCUT2D eigenvalue weighted by Crippen LogP contribution is -2.46. The van der Waals surface area contributed by atoms with Crippen LogP contribution in [0.15, 0.2) is 40.2 Å². The zero-order chi connectivity index (χ0) is 27.8. The molecule has 1 aliphatic rings. The van der Waals surface area contributed by atoms with E-state index in [9.17, 15) is 28.7 Å². The van der Waals surface area contributed by atoms with Gasteiger partial charge >= 0.3 is 5.69 Å². The molecule has 0 atom stereocenters. The standard InChI is InChI=1S/C24H24FN9O5/c1-12(2)32-5-6-33-14(7-16(35)20(37)19(33)23(32)38)8-26-18(36)10-28-22-15(25)9-27-21(29-22)13-3-4-17-30-31-24(39)34(17)11-13/h3-4,7,9,11-12,37H,5-6,8,10H2,1-2H3,(H,26,36)(H,31,39)(H,27,28,29). The summed E-state index contributed by atoms with van der Waals surface area (Å²) in [5, 5.41) is 21.7. The van der Waals surface area contributed by atoms with Crippen LogP contribution < -0.4 is 21.8 Å². The fourth-order valence-corrected chi connectivity index (χ4v) is 4.33. The van der Waals surface area contributed by atoms with E-state index < -0.39 is 34.5 Å². The maximum atomic E-state index is 14.4. The molecule has 14 nitrogen and oxygen atoms in total. The van der Waals surface area contributed by atoms with Crippen LogP contribution in [0, 0.1) is 5.82 Å². The van der Waals surface area contributed by atoms with Crippen LogP contribution in [-0.4, -0.2) is 70.1 Å². The van der Waals surface area contributed by atoms with E-state index in [1.807, 2.05) is 13.8 Å². The molecule has 15 heteroatoms. The predicted molar refractivity (Wildman–Crippen MR) is 136 cm³/mol. The maximum Gasteiger partial charge on any atom is 0.347 e. The molecule has 0 saturated heterocycles. The van der Waals surface area contributed by atoms with Crippen LogP contribution in [0.3, 0.4) is 0 Å². The number of hydrogen-bond acceptors (Lipinski definition) is 9. The van der Waals surface area contributed by atoms with Gasteiger partial charge in [0.05, 0.1) is 19.3 Å². The molecule has 39 heavy (non-hydrogen) atoms. The molecule has 0 fully saturated rings. The first-order valence-corrected chi connectivity index (χ1v) is 12.0. The van der Waals surface area contributed by atoms with Crippen molar-refractivity contribution in [1.29, 1.82) is 0 Å². The second-order valence-electron chi connectivity index (χ2n) is 9.14. The summed E-state index contributed by atoms with van der Waals surface area (Å²) in [6.07, 6.45) is 2.40. The van der Waals surface area contributed by atoms with E-state index in [4.69, 9.17) is 0 Å². The van der Waals surface area contributed by atoms with Gasteiger partial charge in [-0.2, -0.15) is 5.10 Å². The lowest BCUT2D eigenvalue weighted by Gasteiger charge is -2.34. The van der Waals surface area contributed by atoms with Gasteiger partial charge in [-0.05, 0) is 26.0 Å². The quantitative estimate of drug-likeness (QED) is 0.254. The van der Waals surface area contributed by atoms with Gasteiger partial charge in [0, 0.05) is 42.7 Å². The number of aromatic nitrogens is 6. The molecule has 0 aromatic carbocycles. The van der Waals surface area contributed by atoms with Crippen LogP contribution in [0.1, 0.15) is 30.0 Å². The summed E-state index contributed by atoms with van der Waals surface area (Å²) in [4.78, 5) is 59.2. The van der Waals surface area contributed by atoms with E-state index in [1.54, 1.807) is 17.0 Å². The minimum absolute atomic E-state index is 0.102. The van der Waals surface area contributed by atoms with Crippen molar-refractivity contribution in [1.82, 2.24) is 39.3 Å². The largest absolute Gasteiger partial charge is 0.503 e. The summed E-state index contributed by atoms with van der Waals surface area (Å²) in [5.41, 5.74) is -0.141. The van der Waals surface area contributed by atoms with Crippen LogP contribution in [-0.2, 0) is 17.9 Å². The van der Waals surface area contributed by atoms with Crippen LogP contribution in [0.2, 0.25) is 0 Å². The highest BCUT2D eigenvalue weighted by Gasteiger charge is 2.31. The molecule has 5 heterocycles. The van der Waals surface area contributed by atoms with E-state index in [0.717, 1.165) is 6.20 Å². The smallest absolute Gasteiger partial charge is 0.347 e.